The molecule has 0 atom stereocenters. The maximum absolute atomic E-state index is 12.1. The zero-order chi connectivity index (χ0) is 18.5. The van der Waals surface area contributed by atoms with Crippen LogP contribution in [-0.2, 0) is 14.3 Å². The summed E-state index contributed by atoms with van der Waals surface area (Å²) in [5.74, 6) is 0.169. The number of carbonyl (C=O) groups is 2. The lowest BCUT2D eigenvalue weighted by Crippen LogP contribution is -2.41. The third kappa shape index (κ3) is 9.71. The van der Waals surface area contributed by atoms with Gasteiger partial charge in [-0.1, -0.05) is 59.3 Å². The molecule has 0 N–H and O–H groups in total. The Morgan fingerprint density at radius 3 is 2.16 bits per heavy atom. The summed E-state index contributed by atoms with van der Waals surface area (Å²) in [5, 5.41) is 0. The smallest absolute Gasteiger partial charge is 0.409 e. The lowest BCUT2D eigenvalue weighted by Gasteiger charge is -2.30. The maximum atomic E-state index is 12.1. The van der Waals surface area contributed by atoms with Gasteiger partial charge in [-0.05, 0) is 25.2 Å². The van der Waals surface area contributed by atoms with E-state index in [4.69, 9.17) is 9.47 Å². The lowest BCUT2D eigenvalue weighted by atomic mass is 9.97. The molecule has 1 saturated heterocycles. The van der Waals surface area contributed by atoms with Gasteiger partial charge < -0.3 is 14.4 Å². The molecule has 0 aromatic rings. The van der Waals surface area contributed by atoms with Crippen molar-refractivity contribution in [1.29, 1.82) is 0 Å². The van der Waals surface area contributed by atoms with Gasteiger partial charge in [-0.15, -0.1) is 0 Å². The molecule has 1 aliphatic heterocycles. The van der Waals surface area contributed by atoms with E-state index in [1.54, 1.807) is 4.90 Å². The van der Waals surface area contributed by atoms with E-state index < -0.39 is 0 Å². The van der Waals surface area contributed by atoms with Crippen LogP contribution in [0.15, 0.2) is 0 Å². The number of amides is 1. The first kappa shape index (κ1) is 21.8. The van der Waals surface area contributed by atoms with E-state index >= 15 is 0 Å². The van der Waals surface area contributed by atoms with Crippen molar-refractivity contribution in [3.05, 3.63) is 0 Å². The maximum Gasteiger partial charge on any atom is 0.409 e. The Hall–Kier alpha value is -1.26. The van der Waals surface area contributed by atoms with Crippen molar-refractivity contribution in [2.45, 2.75) is 78.6 Å². The number of piperidine rings is 1. The molecule has 1 rings (SSSR count). The summed E-state index contributed by atoms with van der Waals surface area (Å²) < 4.78 is 10.6. The Morgan fingerprint density at radius 1 is 0.960 bits per heavy atom. The molecular formula is C20H37NO4. The van der Waals surface area contributed by atoms with Crippen molar-refractivity contribution >= 4 is 12.1 Å². The molecule has 0 aliphatic carbocycles. The van der Waals surface area contributed by atoms with Crippen LogP contribution in [0.1, 0.15) is 78.6 Å². The average Bonchev–Trinajstić information content (AvgIpc) is 2.61. The van der Waals surface area contributed by atoms with Crippen molar-refractivity contribution in [2.24, 2.45) is 11.8 Å². The molecule has 0 spiro atoms. The van der Waals surface area contributed by atoms with Gasteiger partial charge in [0, 0.05) is 13.1 Å². The molecular weight excluding hydrogens is 318 g/mol. The van der Waals surface area contributed by atoms with Crippen LogP contribution in [0.2, 0.25) is 0 Å². The molecule has 0 aromatic carbocycles. The second kappa shape index (κ2) is 13.0. The lowest BCUT2D eigenvalue weighted by molar-refractivity contribution is -0.150. The molecule has 1 fully saturated rings. The van der Waals surface area contributed by atoms with Crippen LogP contribution in [0.4, 0.5) is 4.79 Å². The van der Waals surface area contributed by atoms with Gasteiger partial charge in [-0.25, -0.2) is 4.79 Å². The zero-order valence-corrected chi connectivity index (χ0v) is 16.4. The Kier molecular flexibility index (Phi) is 11.3. The van der Waals surface area contributed by atoms with Gasteiger partial charge in [0.05, 0.1) is 19.1 Å². The van der Waals surface area contributed by atoms with E-state index in [1.165, 1.54) is 32.1 Å². The minimum absolute atomic E-state index is 0.0706. The summed E-state index contributed by atoms with van der Waals surface area (Å²) >= 11 is 0. The second-order valence-corrected chi connectivity index (χ2v) is 7.52. The van der Waals surface area contributed by atoms with E-state index in [0.29, 0.717) is 45.1 Å². The molecule has 0 saturated carbocycles. The van der Waals surface area contributed by atoms with Gasteiger partial charge in [0.25, 0.3) is 0 Å². The molecule has 0 aromatic heterocycles. The van der Waals surface area contributed by atoms with Crippen LogP contribution in [-0.4, -0.2) is 43.3 Å². The van der Waals surface area contributed by atoms with Crippen LogP contribution >= 0.6 is 0 Å². The van der Waals surface area contributed by atoms with Crippen molar-refractivity contribution < 1.29 is 19.1 Å². The fraction of sp³-hybridized carbons (Fsp3) is 0.900. The molecule has 0 radical (unpaired) electrons. The van der Waals surface area contributed by atoms with Gasteiger partial charge in [0.2, 0.25) is 0 Å². The highest BCUT2D eigenvalue weighted by Gasteiger charge is 2.29. The number of nitrogens with zero attached hydrogens (tertiary/aromatic N) is 1. The van der Waals surface area contributed by atoms with Crippen molar-refractivity contribution in [1.82, 2.24) is 4.90 Å². The van der Waals surface area contributed by atoms with Crippen LogP contribution in [0.5, 0.6) is 0 Å². The number of rotatable bonds is 11. The van der Waals surface area contributed by atoms with E-state index in [9.17, 15) is 9.59 Å². The quantitative estimate of drug-likeness (QED) is 0.395. The average molecular weight is 356 g/mol. The molecule has 0 unspecified atom stereocenters. The van der Waals surface area contributed by atoms with E-state index in [-0.39, 0.29) is 18.0 Å². The summed E-state index contributed by atoms with van der Waals surface area (Å²) in [4.78, 5) is 25.7. The Bertz CT molecular complexity index is 376. The number of hydrogen-bond acceptors (Lipinski definition) is 4. The first-order valence-electron chi connectivity index (χ1n) is 10.1. The SMILES string of the molecule is CCCCCCCCCOC(=O)C1CCN(C(=O)OCC(C)C)CC1. The second-order valence-electron chi connectivity index (χ2n) is 7.52. The standard InChI is InChI=1S/C20H37NO4/c1-4-5-6-7-8-9-10-15-24-19(22)18-11-13-21(14-12-18)20(23)25-16-17(2)3/h17-18H,4-16H2,1-3H3. The predicted molar refractivity (Wildman–Crippen MR) is 99.4 cm³/mol. The number of ether oxygens (including phenoxy) is 2. The fourth-order valence-electron chi connectivity index (χ4n) is 2.98. The van der Waals surface area contributed by atoms with E-state index in [2.05, 4.69) is 6.92 Å². The molecule has 1 amide bonds. The molecule has 25 heavy (non-hydrogen) atoms. The van der Waals surface area contributed by atoms with Gasteiger partial charge in [0.15, 0.2) is 0 Å². The number of hydrogen-bond donors (Lipinski definition) is 0. The highest BCUT2D eigenvalue weighted by molar-refractivity contribution is 5.73. The summed E-state index contributed by atoms with van der Waals surface area (Å²) in [6, 6.07) is 0. The predicted octanol–water partition coefficient (Wildman–Crippen LogP) is 4.78. The normalized spacial score (nSPS) is 15.4. The molecule has 1 aliphatic rings. The molecule has 5 heteroatoms. The minimum Gasteiger partial charge on any atom is -0.465 e. The highest BCUT2D eigenvalue weighted by atomic mass is 16.6. The van der Waals surface area contributed by atoms with Crippen LogP contribution in [0.25, 0.3) is 0 Å². The summed E-state index contributed by atoms with van der Waals surface area (Å²) in [5.41, 5.74) is 0. The fourth-order valence-corrected chi connectivity index (χ4v) is 2.98. The van der Waals surface area contributed by atoms with Crippen LogP contribution in [0, 0.1) is 11.8 Å². The highest BCUT2D eigenvalue weighted by Crippen LogP contribution is 2.19. The van der Waals surface area contributed by atoms with Gasteiger partial charge in [-0.2, -0.15) is 0 Å². The first-order chi connectivity index (χ1) is 12.0. The van der Waals surface area contributed by atoms with Gasteiger partial charge in [-0.3, -0.25) is 4.79 Å². The Morgan fingerprint density at radius 2 is 1.56 bits per heavy atom. The number of unbranched alkanes of at least 4 members (excludes halogenated alkanes) is 6. The largest absolute Gasteiger partial charge is 0.465 e. The monoisotopic (exact) mass is 355 g/mol. The first-order valence-corrected chi connectivity index (χ1v) is 10.1. The summed E-state index contributed by atoms with van der Waals surface area (Å²) in [6.07, 6.45) is 9.60. The minimum atomic E-state index is -0.261. The molecule has 1 heterocycles. The Balaban J connectivity index is 2.07. The third-order valence-corrected chi connectivity index (χ3v) is 4.62. The number of carbonyl (C=O) groups excluding carboxylic acids is 2. The molecule has 146 valence electrons. The van der Waals surface area contributed by atoms with Crippen LogP contribution in [0.3, 0.4) is 0 Å². The number of likely N-dealkylation sites (tertiary alicyclic amines) is 1. The van der Waals surface area contributed by atoms with Gasteiger partial charge in [0.1, 0.15) is 0 Å². The van der Waals surface area contributed by atoms with E-state index in [0.717, 1.165) is 12.8 Å². The summed E-state index contributed by atoms with van der Waals surface area (Å²) in [6.45, 7) is 8.38. The van der Waals surface area contributed by atoms with E-state index in [1.807, 2.05) is 13.8 Å². The zero-order valence-electron chi connectivity index (χ0n) is 16.4. The summed E-state index contributed by atoms with van der Waals surface area (Å²) in [7, 11) is 0. The van der Waals surface area contributed by atoms with Gasteiger partial charge >= 0.3 is 12.1 Å². The van der Waals surface area contributed by atoms with Crippen LogP contribution < -0.4 is 0 Å². The van der Waals surface area contributed by atoms with Crippen molar-refractivity contribution in [3.63, 3.8) is 0 Å². The van der Waals surface area contributed by atoms with Crippen molar-refractivity contribution in [2.75, 3.05) is 26.3 Å². The number of esters is 1. The third-order valence-electron chi connectivity index (χ3n) is 4.62. The molecule has 0 bridgehead atoms. The van der Waals surface area contributed by atoms with Crippen molar-refractivity contribution in [3.8, 4) is 0 Å². The molecule has 5 nitrogen and oxygen atoms in total. The Labute approximate surface area is 153 Å². The topological polar surface area (TPSA) is 55.8 Å².